The van der Waals surface area contributed by atoms with Gasteiger partial charge in [-0.05, 0) is 25.0 Å². The summed E-state index contributed by atoms with van der Waals surface area (Å²) in [7, 11) is 1.73. The largest absolute Gasteiger partial charge is 0.337 e. The molecule has 0 spiro atoms. The van der Waals surface area contributed by atoms with E-state index in [1.165, 1.54) is 10.7 Å². The zero-order valence-electron chi connectivity index (χ0n) is 13.9. The fourth-order valence-corrected chi connectivity index (χ4v) is 3.38. The van der Waals surface area contributed by atoms with E-state index in [4.69, 9.17) is 0 Å². The predicted molar refractivity (Wildman–Crippen MR) is 93.6 cm³/mol. The number of hydrogen-bond acceptors (Lipinski definition) is 6. The minimum atomic E-state index is -0.126. The lowest BCUT2D eigenvalue weighted by molar-refractivity contribution is 0.482. The van der Waals surface area contributed by atoms with Gasteiger partial charge in [0, 0.05) is 32.1 Å². The van der Waals surface area contributed by atoms with Crippen molar-refractivity contribution in [2.24, 2.45) is 7.05 Å². The molecule has 0 amide bonds. The van der Waals surface area contributed by atoms with Crippen LogP contribution in [0.1, 0.15) is 12.8 Å². The first-order chi connectivity index (χ1) is 12.1. The van der Waals surface area contributed by atoms with Gasteiger partial charge in [-0.25, -0.2) is 9.67 Å². The zero-order chi connectivity index (χ0) is 17.4. The average molecular weight is 338 g/mol. The van der Waals surface area contributed by atoms with Crippen LogP contribution in [0.4, 0.5) is 5.95 Å². The normalized spacial score (nSPS) is 17.3. The number of hydrogen-bond donors (Lipinski definition) is 0. The van der Waals surface area contributed by atoms with E-state index in [2.05, 4.69) is 20.0 Å². The van der Waals surface area contributed by atoms with Crippen LogP contribution in [0.3, 0.4) is 0 Å². The monoisotopic (exact) mass is 338 g/mol. The van der Waals surface area contributed by atoms with Crippen molar-refractivity contribution in [1.29, 1.82) is 0 Å². The molecule has 1 aliphatic rings. The maximum Gasteiger partial charge on any atom is 0.266 e. The maximum atomic E-state index is 12.6. The van der Waals surface area contributed by atoms with E-state index in [-0.39, 0.29) is 17.2 Å². The number of rotatable bonds is 3. The highest BCUT2D eigenvalue weighted by molar-refractivity contribution is 5.77. The minimum absolute atomic E-state index is 0.0693. The fourth-order valence-electron chi connectivity index (χ4n) is 3.38. The van der Waals surface area contributed by atoms with Crippen molar-refractivity contribution in [3.05, 3.63) is 57.5 Å². The first-order valence-corrected chi connectivity index (χ1v) is 8.24. The van der Waals surface area contributed by atoms with Gasteiger partial charge in [0.05, 0.1) is 29.7 Å². The Morgan fingerprint density at radius 2 is 2.12 bits per heavy atom. The van der Waals surface area contributed by atoms with Crippen molar-refractivity contribution in [3.63, 3.8) is 0 Å². The molecule has 4 heterocycles. The lowest BCUT2D eigenvalue weighted by Crippen LogP contribution is -2.40. The Hall–Kier alpha value is -3.03. The summed E-state index contributed by atoms with van der Waals surface area (Å²) in [6.45, 7) is 1.26. The van der Waals surface area contributed by atoms with Crippen LogP contribution in [-0.4, -0.2) is 36.9 Å². The molecule has 0 bridgehead atoms. The number of aromatic nitrogens is 5. The summed E-state index contributed by atoms with van der Waals surface area (Å²) in [5.74, 6) is 0.608. The second-order valence-corrected chi connectivity index (χ2v) is 6.20. The Labute approximate surface area is 143 Å². The van der Waals surface area contributed by atoms with Gasteiger partial charge in [0.25, 0.3) is 11.1 Å². The lowest BCUT2D eigenvalue weighted by atomic mass is 10.2. The molecule has 0 aromatic carbocycles. The van der Waals surface area contributed by atoms with Crippen LogP contribution in [0.2, 0.25) is 0 Å². The van der Waals surface area contributed by atoms with E-state index in [9.17, 15) is 9.59 Å². The first-order valence-electron chi connectivity index (χ1n) is 8.24. The van der Waals surface area contributed by atoms with Crippen LogP contribution < -0.4 is 16.0 Å². The van der Waals surface area contributed by atoms with E-state index in [0.717, 1.165) is 19.4 Å². The summed E-state index contributed by atoms with van der Waals surface area (Å²) in [4.78, 5) is 35.4. The smallest absolute Gasteiger partial charge is 0.266 e. The molecule has 0 N–H and O–H groups in total. The summed E-state index contributed by atoms with van der Waals surface area (Å²) >= 11 is 0. The van der Waals surface area contributed by atoms with Gasteiger partial charge in [-0.15, -0.1) is 0 Å². The van der Waals surface area contributed by atoms with Gasteiger partial charge < -0.3 is 4.90 Å². The van der Waals surface area contributed by atoms with Crippen LogP contribution in [0.25, 0.3) is 10.9 Å². The Morgan fingerprint density at radius 1 is 1.24 bits per heavy atom. The van der Waals surface area contributed by atoms with E-state index in [1.807, 2.05) is 0 Å². The molecule has 1 unspecified atom stereocenters. The van der Waals surface area contributed by atoms with E-state index in [1.54, 1.807) is 42.3 Å². The molecular formula is C17H18N6O2. The SMILES string of the molecule is Cn1c(N2CCCC2Cn2ncccc2=O)nc2cnccc2c1=O. The highest BCUT2D eigenvalue weighted by Crippen LogP contribution is 2.24. The van der Waals surface area contributed by atoms with Crippen LogP contribution in [0, 0.1) is 0 Å². The van der Waals surface area contributed by atoms with Crippen LogP contribution in [0.15, 0.2) is 46.4 Å². The summed E-state index contributed by atoms with van der Waals surface area (Å²) in [6, 6.07) is 4.89. The molecule has 25 heavy (non-hydrogen) atoms. The maximum absolute atomic E-state index is 12.6. The van der Waals surface area contributed by atoms with Gasteiger partial charge in [0.2, 0.25) is 5.95 Å². The molecule has 3 aromatic heterocycles. The first kappa shape index (κ1) is 15.5. The second kappa shape index (κ2) is 6.12. The van der Waals surface area contributed by atoms with E-state index < -0.39 is 0 Å². The molecule has 8 heteroatoms. The molecule has 1 aliphatic heterocycles. The molecule has 4 rings (SSSR count). The summed E-state index contributed by atoms with van der Waals surface area (Å²) in [5.41, 5.74) is 0.364. The molecule has 1 fully saturated rings. The van der Waals surface area contributed by atoms with Gasteiger partial charge in [0.15, 0.2) is 0 Å². The Bertz CT molecular complexity index is 1040. The Kier molecular flexibility index (Phi) is 3.79. The number of fused-ring (bicyclic) bond motifs is 1. The molecule has 0 aliphatic carbocycles. The third-order valence-electron chi connectivity index (χ3n) is 4.66. The second-order valence-electron chi connectivity index (χ2n) is 6.20. The van der Waals surface area contributed by atoms with Crippen molar-refractivity contribution in [2.75, 3.05) is 11.4 Å². The van der Waals surface area contributed by atoms with Crippen LogP contribution in [0.5, 0.6) is 0 Å². The number of anilines is 1. The van der Waals surface area contributed by atoms with Gasteiger partial charge in [-0.3, -0.25) is 19.1 Å². The molecule has 0 saturated carbocycles. The molecule has 3 aromatic rings. The standard InChI is InChI=1S/C17H18N6O2/c1-21-16(25)13-6-8-18-10-14(13)20-17(21)22-9-3-4-12(22)11-23-15(24)5-2-7-19-23/h2,5-8,10,12H,3-4,9,11H2,1H3. The van der Waals surface area contributed by atoms with Crippen molar-refractivity contribution in [3.8, 4) is 0 Å². The Morgan fingerprint density at radius 3 is 2.96 bits per heavy atom. The lowest BCUT2D eigenvalue weighted by Gasteiger charge is -2.27. The summed E-state index contributed by atoms with van der Waals surface area (Å²) in [5, 5.41) is 4.69. The highest BCUT2D eigenvalue weighted by atomic mass is 16.1. The molecule has 0 radical (unpaired) electrons. The predicted octanol–water partition coefficient (Wildman–Crippen LogP) is 0.554. The summed E-state index contributed by atoms with van der Waals surface area (Å²) in [6.07, 6.45) is 6.71. The van der Waals surface area contributed by atoms with Gasteiger partial charge in [-0.2, -0.15) is 5.10 Å². The van der Waals surface area contributed by atoms with E-state index in [0.29, 0.717) is 23.4 Å². The third kappa shape index (κ3) is 2.69. The quantitative estimate of drug-likeness (QED) is 0.693. The topological polar surface area (TPSA) is 85.9 Å². The van der Waals surface area contributed by atoms with Gasteiger partial charge in [0.1, 0.15) is 0 Å². The number of nitrogens with zero attached hydrogens (tertiary/aromatic N) is 6. The van der Waals surface area contributed by atoms with E-state index >= 15 is 0 Å². The third-order valence-corrected chi connectivity index (χ3v) is 4.66. The van der Waals surface area contributed by atoms with Crippen molar-refractivity contribution in [2.45, 2.75) is 25.4 Å². The van der Waals surface area contributed by atoms with Gasteiger partial charge >= 0.3 is 0 Å². The molecular weight excluding hydrogens is 320 g/mol. The highest BCUT2D eigenvalue weighted by Gasteiger charge is 2.28. The summed E-state index contributed by atoms with van der Waals surface area (Å²) < 4.78 is 3.03. The fraction of sp³-hybridized carbons (Fsp3) is 0.353. The zero-order valence-corrected chi connectivity index (χ0v) is 13.9. The molecule has 128 valence electrons. The Balaban J connectivity index is 1.74. The van der Waals surface area contributed by atoms with Crippen molar-refractivity contribution in [1.82, 2.24) is 24.3 Å². The van der Waals surface area contributed by atoms with Gasteiger partial charge in [-0.1, -0.05) is 0 Å². The molecule has 1 atom stereocenters. The van der Waals surface area contributed by atoms with Crippen LogP contribution in [-0.2, 0) is 13.6 Å². The van der Waals surface area contributed by atoms with Crippen LogP contribution >= 0.6 is 0 Å². The minimum Gasteiger partial charge on any atom is -0.337 e. The molecule has 8 nitrogen and oxygen atoms in total. The average Bonchev–Trinajstić information content (AvgIpc) is 3.08. The van der Waals surface area contributed by atoms with Crippen molar-refractivity contribution >= 4 is 16.9 Å². The molecule has 1 saturated heterocycles. The number of pyridine rings is 1. The van der Waals surface area contributed by atoms with Crippen molar-refractivity contribution < 1.29 is 0 Å².